The van der Waals surface area contributed by atoms with E-state index in [9.17, 15) is 9.18 Å². The summed E-state index contributed by atoms with van der Waals surface area (Å²) in [6, 6.07) is 14.7. The van der Waals surface area contributed by atoms with Crippen LogP contribution in [0.25, 0.3) is 6.08 Å². The largest absolute Gasteiger partial charge is 0.350 e. The topological polar surface area (TPSA) is 56.1 Å². The highest BCUT2D eigenvalue weighted by molar-refractivity contribution is 5.91. The molecule has 33 heavy (non-hydrogen) atoms. The normalized spacial score (nSPS) is 20.5. The minimum absolute atomic E-state index is 0. The third-order valence-electron chi connectivity index (χ3n) is 6.77. The second-order valence-electron chi connectivity index (χ2n) is 9.02. The molecule has 1 amide bonds. The molecule has 0 aromatic heterocycles. The van der Waals surface area contributed by atoms with Crippen LogP contribution in [0.2, 0.25) is 0 Å². The van der Waals surface area contributed by atoms with Crippen LogP contribution in [0, 0.1) is 23.1 Å². The second-order valence-corrected chi connectivity index (χ2v) is 9.02. The van der Waals surface area contributed by atoms with Crippen molar-refractivity contribution in [1.29, 1.82) is 5.26 Å². The Morgan fingerprint density at radius 1 is 1.12 bits per heavy atom. The highest BCUT2D eigenvalue weighted by Gasteiger charge is 2.23. The number of rotatable bonds is 6. The molecule has 0 unspecified atom stereocenters. The maximum atomic E-state index is 13.0. The molecule has 1 fully saturated rings. The van der Waals surface area contributed by atoms with E-state index in [-0.39, 0.29) is 30.2 Å². The van der Waals surface area contributed by atoms with Crippen LogP contribution >= 0.6 is 12.4 Å². The van der Waals surface area contributed by atoms with E-state index in [4.69, 9.17) is 5.26 Å². The molecule has 1 heterocycles. The van der Waals surface area contributed by atoms with Crippen LogP contribution < -0.4 is 5.32 Å². The van der Waals surface area contributed by atoms with Crippen LogP contribution in [-0.2, 0) is 17.8 Å². The summed E-state index contributed by atoms with van der Waals surface area (Å²) in [7, 11) is 0. The lowest BCUT2D eigenvalue weighted by Gasteiger charge is -2.33. The Balaban J connectivity index is 0.00000306. The predicted octanol–water partition coefficient (Wildman–Crippen LogP) is 5.26. The molecule has 0 spiro atoms. The maximum absolute atomic E-state index is 13.0. The highest BCUT2D eigenvalue weighted by Crippen LogP contribution is 2.28. The Labute approximate surface area is 201 Å². The average Bonchev–Trinajstić information content (AvgIpc) is 2.83. The van der Waals surface area contributed by atoms with Crippen molar-refractivity contribution >= 4 is 24.4 Å². The quantitative estimate of drug-likeness (QED) is 0.590. The van der Waals surface area contributed by atoms with E-state index in [2.05, 4.69) is 22.4 Å². The van der Waals surface area contributed by atoms with E-state index in [0.717, 1.165) is 68.8 Å². The van der Waals surface area contributed by atoms with Gasteiger partial charge in [0, 0.05) is 25.2 Å². The summed E-state index contributed by atoms with van der Waals surface area (Å²) in [5, 5.41) is 12.2. The first-order valence-corrected chi connectivity index (χ1v) is 11.6. The Morgan fingerprint density at radius 2 is 1.88 bits per heavy atom. The fraction of sp³-hybridized carbons (Fsp3) is 0.407. The Bertz CT molecular complexity index is 1010. The molecule has 2 aromatic carbocycles. The molecule has 1 saturated carbocycles. The van der Waals surface area contributed by atoms with Crippen molar-refractivity contribution in [2.75, 3.05) is 13.1 Å². The molecular weight excluding hydrogens is 437 g/mol. The van der Waals surface area contributed by atoms with Crippen LogP contribution in [0.15, 0.2) is 48.5 Å². The summed E-state index contributed by atoms with van der Waals surface area (Å²) >= 11 is 0. The number of hydrogen-bond donors (Lipinski definition) is 1. The van der Waals surface area contributed by atoms with Crippen molar-refractivity contribution in [2.24, 2.45) is 5.92 Å². The SMILES string of the molecule is Cl.N#Cc1ccc2c(c1)CCN(CCC1CCC(NC(=O)/C=C/c3ccc(F)cc3)CC1)C2. The monoisotopic (exact) mass is 467 g/mol. The minimum atomic E-state index is -0.275. The molecule has 174 valence electrons. The van der Waals surface area contributed by atoms with E-state index in [1.54, 1.807) is 18.2 Å². The Kier molecular flexibility index (Phi) is 9.05. The van der Waals surface area contributed by atoms with Crippen molar-refractivity contribution in [3.8, 4) is 6.07 Å². The lowest BCUT2D eigenvalue weighted by Crippen LogP contribution is -2.37. The highest BCUT2D eigenvalue weighted by atomic mass is 35.5. The zero-order chi connectivity index (χ0) is 22.3. The third-order valence-corrected chi connectivity index (χ3v) is 6.77. The number of carbonyl (C=O) groups is 1. The van der Waals surface area contributed by atoms with Crippen LogP contribution in [0.3, 0.4) is 0 Å². The number of halogens is 2. The van der Waals surface area contributed by atoms with Gasteiger partial charge < -0.3 is 5.32 Å². The molecule has 2 aromatic rings. The van der Waals surface area contributed by atoms with Crippen molar-refractivity contribution in [3.05, 3.63) is 76.6 Å². The van der Waals surface area contributed by atoms with Crippen LogP contribution in [0.5, 0.6) is 0 Å². The number of nitrogens with zero attached hydrogens (tertiary/aromatic N) is 2. The van der Waals surface area contributed by atoms with Gasteiger partial charge in [-0.2, -0.15) is 5.26 Å². The summed E-state index contributed by atoms with van der Waals surface area (Å²) in [4.78, 5) is 14.7. The lowest BCUT2D eigenvalue weighted by atomic mass is 9.84. The molecule has 4 rings (SSSR count). The number of nitrogens with one attached hydrogen (secondary N) is 1. The van der Waals surface area contributed by atoms with Gasteiger partial charge in [-0.15, -0.1) is 12.4 Å². The first kappa shape index (κ1) is 25.0. The van der Waals surface area contributed by atoms with Gasteiger partial charge in [-0.1, -0.05) is 18.2 Å². The fourth-order valence-corrected chi connectivity index (χ4v) is 4.83. The number of hydrogen-bond acceptors (Lipinski definition) is 3. The summed E-state index contributed by atoms with van der Waals surface area (Å²) in [6.45, 7) is 3.15. The van der Waals surface area contributed by atoms with E-state index in [1.165, 1.54) is 35.8 Å². The van der Waals surface area contributed by atoms with Gasteiger partial charge in [0.2, 0.25) is 5.91 Å². The standard InChI is InChI=1S/C27H30FN3O.ClH/c28-25-8-2-20(3-9-25)6-12-27(32)30-26-10-4-21(5-11-26)13-15-31-16-14-23-17-22(18-29)1-7-24(23)19-31;/h1-3,6-9,12,17,21,26H,4-5,10-11,13-16,19H2,(H,30,32);1H/b12-6+;. The molecule has 6 heteroatoms. The Hall–Kier alpha value is -2.68. The van der Waals surface area contributed by atoms with E-state index < -0.39 is 0 Å². The van der Waals surface area contributed by atoms with Crippen LogP contribution in [0.4, 0.5) is 4.39 Å². The first-order valence-electron chi connectivity index (χ1n) is 11.6. The molecule has 0 saturated heterocycles. The molecule has 1 aliphatic heterocycles. The van der Waals surface area contributed by atoms with Gasteiger partial charge in [0.05, 0.1) is 11.6 Å². The third kappa shape index (κ3) is 7.15. The molecule has 0 bridgehead atoms. The van der Waals surface area contributed by atoms with Gasteiger partial charge in [-0.3, -0.25) is 9.69 Å². The minimum Gasteiger partial charge on any atom is -0.350 e. The summed E-state index contributed by atoms with van der Waals surface area (Å²) in [5.74, 6) is 0.368. The number of benzene rings is 2. The average molecular weight is 468 g/mol. The summed E-state index contributed by atoms with van der Waals surface area (Å²) in [6.07, 6.45) is 9.85. The molecule has 0 radical (unpaired) electrons. The van der Waals surface area contributed by atoms with Crippen molar-refractivity contribution in [2.45, 2.75) is 51.1 Å². The van der Waals surface area contributed by atoms with Crippen molar-refractivity contribution in [3.63, 3.8) is 0 Å². The number of fused-ring (bicyclic) bond motifs is 1. The van der Waals surface area contributed by atoms with E-state index >= 15 is 0 Å². The number of nitriles is 1. The lowest BCUT2D eigenvalue weighted by molar-refractivity contribution is -0.117. The molecule has 2 aliphatic rings. The molecule has 0 atom stereocenters. The number of carbonyl (C=O) groups excluding carboxylic acids is 1. The maximum Gasteiger partial charge on any atom is 0.244 e. The number of amides is 1. The van der Waals surface area contributed by atoms with Gasteiger partial charge in [0.15, 0.2) is 0 Å². The van der Waals surface area contributed by atoms with Gasteiger partial charge in [0.1, 0.15) is 5.82 Å². The summed E-state index contributed by atoms with van der Waals surface area (Å²) in [5.41, 5.74) is 4.25. The molecular formula is C27H31ClFN3O. The zero-order valence-electron chi connectivity index (χ0n) is 18.8. The molecule has 1 aliphatic carbocycles. The molecule has 4 nitrogen and oxygen atoms in total. The predicted molar refractivity (Wildman–Crippen MR) is 131 cm³/mol. The van der Waals surface area contributed by atoms with Gasteiger partial charge >= 0.3 is 0 Å². The first-order chi connectivity index (χ1) is 15.6. The Morgan fingerprint density at radius 3 is 2.61 bits per heavy atom. The van der Waals surface area contributed by atoms with Crippen molar-refractivity contribution in [1.82, 2.24) is 10.2 Å². The van der Waals surface area contributed by atoms with Crippen LogP contribution in [0.1, 0.15) is 54.4 Å². The van der Waals surface area contributed by atoms with E-state index in [0.29, 0.717) is 0 Å². The smallest absolute Gasteiger partial charge is 0.244 e. The van der Waals surface area contributed by atoms with Crippen molar-refractivity contribution < 1.29 is 9.18 Å². The zero-order valence-corrected chi connectivity index (χ0v) is 19.6. The van der Waals surface area contributed by atoms with Crippen LogP contribution in [-0.4, -0.2) is 29.9 Å². The van der Waals surface area contributed by atoms with Gasteiger partial charge in [-0.05, 0) is 98.0 Å². The van der Waals surface area contributed by atoms with E-state index in [1.807, 2.05) is 12.1 Å². The second kappa shape index (κ2) is 12.0. The fourth-order valence-electron chi connectivity index (χ4n) is 4.83. The van der Waals surface area contributed by atoms with Gasteiger partial charge in [0.25, 0.3) is 0 Å². The molecule has 1 N–H and O–H groups in total. The van der Waals surface area contributed by atoms with Gasteiger partial charge in [-0.25, -0.2) is 4.39 Å². The summed E-state index contributed by atoms with van der Waals surface area (Å²) < 4.78 is 13.0.